The zero-order valence-electron chi connectivity index (χ0n) is 7.79. The molecule has 0 aromatic heterocycles. The van der Waals surface area contributed by atoms with Gasteiger partial charge in [-0.15, -0.1) is 0 Å². The number of benzene rings is 1. The summed E-state index contributed by atoms with van der Waals surface area (Å²) in [4.78, 5) is 11.3. The van der Waals surface area contributed by atoms with Crippen molar-refractivity contribution in [3.63, 3.8) is 0 Å². The van der Waals surface area contributed by atoms with E-state index in [4.69, 9.17) is 0 Å². The molecule has 0 radical (unpaired) electrons. The Morgan fingerprint density at radius 2 is 1.67 bits per heavy atom. The molecule has 0 unspecified atom stereocenters. The second-order valence-corrected chi connectivity index (χ2v) is 13.1. The molecule has 12 heavy (non-hydrogen) atoms. The van der Waals surface area contributed by atoms with Gasteiger partial charge in [-0.1, -0.05) is 0 Å². The Labute approximate surface area is 76.2 Å². The van der Waals surface area contributed by atoms with E-state index in [1.807, 2.05) is 18.2 Å². The Morgan fingerprint density at radius 1 is 1.17 bits per heavy atom. The van der Waals surface area contributed by atoms with Crippen molar-refractivity contribution in [2.45, 2.75) is 18.4 Å². The van der Waals surface area contributed by atoms with E-state index in [0.717, 1.165) is 0 Å². The van der Waals surface area contributed by atoms with Crippen LogP contribution in [0.5, 0.6) is 0 Å². The Bertz CT molecular complexity index is 277. The van der Waals surface area contributed by atoms with E-state index in [1.165, 1.54) is 4.40 Å². The SMILES string of the molecule is C[C](=O)[Ge]([CH3])([CH3])[c]1ccccc1. The maximum atomic E-state index is 11.3. The molecule has 0 atom stereocenters. The van der Waals surface area contributed by atoms with Crippen LogP contribution >= 0.6 is 0 Å². The van der Waals surface area contributed by atoms with Gasteiger partial charge in [0.2, 0.25) is 0 Å². The molecule has 0 heterocycles. The topological polar surface area (TPSA) is 17.1 Å². The van der Waals surface area contributed by atoms with Gasteiger partial charge in [0.15, 0.2) is 0 Å². The van der Waals surface area contributed by atoms with Crippen LogP contribution < -0.4 is 4.40 Å². The molecule has 0 aliphatic carbocycles. The number of hydrogen-bond donors (Lipinski definition) is 0. The van der Waals surface area contributed by atoms with Gasteiger partial charge in [0.05, 0.1) is 0 Å². The first-order valence-electron chi connectivity index (χ1n) is 4.11. The van der Waals surface area contributed by atoms with Gasteiger partial charge in [-0.2, -0.15) is 0 Å². The molecule has 1 rings (SSSR count). The van der Waals surface area contributed by atoms with E-state index in [0.29, 0.717) is 4.62 Å². The molecule has 0 fully saturated rings. The molecule has 0 saturated carbocycles. The molecular formula is C10H14GeO. The van der Waals surface area contributed by atoms with Crippen molar-refractivity contribution in [1.29, 1.82) is 0 Å². The van der Waals surface area contributed by atoms with E-state index >= 15 is 0 Å². The van der Waals surface area contributed by atoms with E-state index in [-0.39, 0.29) is 0 Å². The summed E-state index contributed by atoms with van der Waals surface area (Å²) in [6.45, 7) is 1.72. The summed E-state index contributed by atoms with van der Waals surface area (Å²) in [6, 6.07) is 10.1. The first kappa shape index (κ1) is 9.52. The van der Waals surface area contributed by atoms with Gasteiger partial charge in [-0.05, 0) is 0 Å². The van der Waals surface area contributed by atoms with Crippen LogP contribution in [0.3, 0.4) is 0 Å². The van der Waals surface area contributed by atoms with Crippen LogP contribution in [0, 0.1) is 0 Å². The maximum absolute atomic E-state index is 11.3. The predicted octanol–water partition coefficient (Wildman–Crippen LogP) is 1.73. The molecular weight excluding hydrogens is 209 g/mol. The van der Waals surface area contributed by atoms with Crippen LogP contribution in [0.15, 0.2) is 30.3 Å². The van der Waals surface area contributed by atoms with Gasteiger partial charge in [-0.3, -0.25) is 0 Å². The average molecular weight is 223 g/mol. The van der Waals surface area contributed by atoms with Crippen molar-refractivity contribution in [3.8, 4) is 0 Å². The van der Waals surface area contributed by atoms with Crippen LogP contribution in [-0.4, -0.2) is 17.9 Å². The third kappa shape index (κ3) is 1.78. The molecule has 0 aliphatic heterocycles. The summed E-state index contributed by atoms with van der Waals surface area (Å²) in [6.07, 6.45) is 0. The first-order valence-corrected chi connectivity index (χ1v) is 10.4. The molecule has 1 aromatic carbocycles. The standard InChI is InChI=1S/C10H14GeO/c1-9(12)11(2,3)10-7-5-4-6-8-10/h4-8H,1-3H3. The molecule has 0 N–H and O–H groups in total. The zero-order valence-corrected chi connectivity index (χ0v) is 9.89. The Kier molecular flexibility index (Phi) is 2.73. The van der Waals surface area contributed by atoms with Crippen molar-refractivity contribution in [2.75, 3.05) is 0 Å². The van der Waals surface area contributed by atoms with E-state index in [9.17, 15) is 4.79 Å². The molecule has 0 spiro atoms. The fourth-order valence-corrected chi connectivity index (χ4v) is 4.06. The van der Waals surface area contributed by atoms with E-state index < -0.39 is 13.3 Å². The molecule has 2 heteroatoms. The van der Waals surface area contributed by atoms with Crippen LogP contribution in [0.1, 0.15) is 6.92 Å². The van der Waals surface area contributed by atoms with E-state index in [2.05, 4.69) is 23.6 Å². The van der Waals surface area contributed by atoms with Crippen LogP contribution in [0.4, 0.5) is 0 Å². The van der Waals surface area contributed by atoms with Crippen molar-refractivity contribution in [1.82, 2.24) is 0 Å². The second-order valence-electron chi connectivity index (χ2n) is 3.55. The molecule has 0 aliphatic rings. The van der Waals surface area contributed by atoms with Gasteiger partial charge in [0.1, 0.15) is 0 Å². The normalized spacial score (nSPS) is 11.2. The Balaban J connectivity index is 3.06. The zero-order chi connectivity index (χ0) is 9.19. The molecule has 0 amide bonds. The summed E-state index contributed by atoms with van der Waals surface area (Å²) in [5.41, 5.74) is 0. The Morgan fingerprint density at radius 3 is 2.08 bits per heavy atom. The number of carbonyl (C=O) groups is 1. The fourth-order valence-electron chi connectivity index (χ4n) is 1.06. The van der Waals surface area contributed by atoms with Gasteiger partial charge in [0, 0.05) is 0 Å². The van der Waals surface area contributed by atoms with Crippen LogP contribution in [-0.2, 0) is 4.79 Å². The van der Waals surface area contributed by atoms with E-state index in [1.54, 1.807) is 6.92 Å². The third-order valence-electron chi connectivity index (χ3n) is 2.38. The minimum atomic E-state index is -2.30. The van der Waals surface area contributed by atoms with Crippen molar-refractivity contribution < 1.29 is 4.79 Å². The number of rotatable bonds is 2. The second kappa shape index (κ2) is 3.44. The quantitative estimate of drug-likeness (QED) is 0.697. The van der Waals surface area contributed by atoms with Crippen molar-refractivity contribution in [3.05, 3.63) is 30.3 Å². The third-order valence-corrected chi connectivity index (χ3v) is 9.80. The molecule has 1 aromatic rings. The minimum absolute atomic E-state index is 0.390. The van der Waals surface area contributed by atoms with Gasteiger partial charge in [-0.25, -0.2) is 0 Å². The van der Waals surface area contributed by atoms with Crippen LogP contribution in [0.2, 0.25) is 11.5 Å². The molecule has 0 bridgehead atoms. The van der Waals surface area contributed by atoms with Crippen molar-refractivity contribution >= 4 is 22.3 Å². The summed E-state index contributed by atoms with van der Waals surface area (Å²) in [5, 5.41) is 0. The van der Waals surface area contributed by atoms with Gasteiger partial charge < -0.3 is 0 Å². The van der Waals surface area contributed by atoms with Crippen LogP contribution in [0.25, 0.3) is 0 Å². The predicted molar refractivity (Wildman–Crippen MR) is 54.2 cm³/mol. The summed E-state index contributed by atoms with van der Waals surface area (Å²) >= 11 is -2.30. The molecule has 0 saturated heterocycles. The number of carbonyl (C=O) groups excluding carboxylic acids is 1. The monoisotopic (exact) mass is 224 g/mol. The van der Waals surface area contributed by atoms with Gasteiger partial charge in [0.25, 0.3) is 0 Å². The first-order chi connectivity index (χ1) is 5.55. The van der Waals surface area contributed by atoms with Crippen molar-refractivity contribution in [2.24, 2.45) is 0 Å². The molecule has 64 valence electrons. The fraction of sp³-hybridized carbons (Fsp3) is 0.300. The summed E-state index contributed by atoms with van der Waals surface area (Å²) in [7, 11) is 0. The van der Waals surface area contributed by atoms with Gasteiger partial charge >= 0.3 is 75.8 Å². The molecule has 1 nitrogen and oxygen atoms in total. The average Bonchev–Trinajstić information content (AvgIpc) is 2.06. The number of hydrogen-bond acceptors (Lipinski definition) is 1. The summed E-state index contributed by atoms with van der Waals surface area (Å²) < 4.78 is 1.66. The summed E-state index contributed by atoms with van der Waals surface area (Å²) in [5.74, 6) is 4.27. The Hall–Kier alpha value is -0.567.